The van der Waals surface area contributed by atoms with Crippen LogP contribution in [0.15, 0.2) is 6.07 Å². The monoisotopic (exact) mass is 272 g/mol. The number of rotatable bonds is 2. The lowest BCUT2D eigenvalue weighted by atomic mass is 9.90. The van der Waals surface area contributed by atoms with Gasteiger partial charge < -0.3 is 10.6 Å². The van der Waals surface area contributed by atoms with Gasteiger partial charge in [-0.2, -0.15) is 5.10 Å². The summed E-state index contributed by atoms with van der Waals surface area (Å²) < 4.78 is 1.69. The third-order valence-electron chi connectivity index (χ3n) is 3.36. The quantitative estimate of drug-likeness (QED) is 0.860. The van der Waals surface area contributed by atoms with Gasteiger partial charge in [0, 0.05) is 13.1 Å². The smallest absolute Gasteiger partial charge is 0.245 e. The van der Waals surface area contributed by atoms with Crippen LogP contribution in [0.25, 0.3) is 0 Å². The molecule has 0 aromatic carbocycles. The number of aryl methyl sites for hydroxylation is 2. The van der Waals surface area contributed by atoms with Crippen molar-refractivity contribution in [3.8, 4) is 0 Å². The number of hydrogen-bond donors (Lipinski definition) is 2. The minimum Gasteiger partial charge on any atom is -0.309 e. The Morgan fingerprint density at radius 1 is 1.56 bits per heavy atom. The molecule has 2 N–H and O–H groups in total. The molecule has 0 bridgehead atoms. The molecule has 1 saturated heterocycles. The summed E-state index contributed by atoms with van der Waals surface area (Å²) in [6.07, 6.45) is 3.13. The molecule has 0 aliphatic carbocycles. The molecule has 18 heavy (non-hydrogen) atoms. The van der Waals surface area contributed by atoms with E-state index in [0.29, 0.717) is 0 Å². The van der Waals surface area contributed by atoms with E-state index < -0.39 is 5.54 Å². The van der Waals surface area contributed by atoms with Crippen LogP contribution in [0.4, 0.5) is 5.82 Å². The van der Waals surface area contributed by atoms with E-state index in [2.05, 4.69) is 15.7 Å². The minimum absolute atomic E-state index is 0. The lowest BCUT2D eigenvalue weighted by Gasteiger charge is -2.33. The van der Waals surface area contributed by atoms with Crippen molar-refractivity contribution in [2.45, 2.75) is 38.6 Å². The van der Waals surface area contributed by atoms with Crippen molar-refractivity contribution in [2.24, 2.45) is 7.05 Å². The topological polar surface area (TPSA) is 59.0 Å². The second-order valence-electron chi connectivity index (χ2n) is 4.96. The van der Waals surface area contributed by atoms with Crippen LogP contribution in [-0.2, 0) is 11.8 Å². The molecule has 1 aromatic rings. The maximum absolute atomic E-state index is 12.2. The van der Waals surface area contributed by atoms with E-state index in [0.717, 1.165) is 37.3 Å². The number of amides is 1. The van der Waals surface area contributed by atoms with Gasteiger partial charge in [0.05, 0.1) is 11.2 Å². The fourth-order valence-corrected chi connectivity index (χ4v) is 2.23. The van der Waals surface area contributed by atoms with Crippen molar-refractivity contribution in [3.05, 3.63) is 11.8 Å². The van der Waals surface area contributed by atoms with Crippen molar-refractivity contribution < 1.29 is 4.79 Å². The van der Waals surface area contributed by atoms with Gasteiger partial charge in [-0.25, -0.2) is 0 Å². The third-order valence-corrected chi connectivity index (χ3v) is 3.36. The lowest BCUT2D eigenvalue weighted by molar-refractivity contribution is -0.122. The second kappa shape index (κ2) is 5.71. The van der Waals surface area contributed by atoms with Crippen LogP contribution in [0.5, 0.6) is 0 Å². The average molecular weight is 273 g/mol. The molecule has 0 saturated carbocycles. The molecule has 2 rings (SSSR count). The van der Waals surface area contributed by atoms with Crippen molar-refractivity contribution in [1.82, 2.24) is 15.1 Å². The Labute approximate surface area is 114 Å². The maximum Gasteiger partial charge on any atom is 0.245 e. The van der Waals surface area contributed by atoms with Crippen LogP contribution >= 0.6 is 12.4 Å². The average Bonchev–Trinajstić information content (AvgIpc) is 2.58. The van der Waals surface area contributed by atoms with Crippen molar-refractivity contribution in [1.29, 1.82) is 0 Å². The molecule has 1 atom stereocenters. The number of aromatic nitrogens is 2. The molecular weight excluding hydrogens is 252 g/mol. The number of nitrogens with zero attached hydrogens (tertiary/aromatic N) is 2. The standard InChI is InChI=1S/C12H20N4O.ClH/c1-9-8-10(16(3)15-9)14-11(17)12(2)6-4-5-7-13-12;/h8,13H,4-7H2,1-3H3,(H,14,17);1H. The predicted octanol–water partition coefficient (Wildman–Crippen LogP) is 1.62. The summed E-state index contributed by atoms with van der Waals surface area (Å²) in [5.41, 5.74) is 0.459. The van der Waals surface area contributed by atoms with Gasteiger partial charge in [0.1, 0.15) is 5.82 Å². The molecule has 0 spiro atoms. The summed E-state index contributed by atoms with van der Waals surface area (Å²) in [4.78, 5) is 12.2. The van der Waals surface area contributed by atoms with Gasteiger partial charge in [0.15, 0.2) is 0 Å². The van der Waals surface area contributed by atoms with E-state index >= 15 is 0 Å². The predicted molar refractivity (Wildman–Crippen MR) is 74.1 cm³/mol. The summed E-state index contributed by atoms with van der Waals surface area (Å²) in [6.45, 7) is 4.79. The van der Waals surface area contributed by atoms with E-state index in [1.165, 1.54) is 0 Å². The Hall–Kier alpha value is -1.07. The lowest BCUT2D eigenvalue weighted by Crippen LogP contribution is -2.54. The Bertz CT molecular complexity index is 424. The van der Waals surface area contributed by atoms with E-state index in [9.17, 15) is 4.79 Å². The number of nitrogens with one attached hydrogen (secondary N) is 2. The first-order valence-corrected chi connectivity index (χ1v) is 6.08. The Balaban J connectivity index is 0.00000162. The molecule has 1 aliphatic rings. The van der Waals surface area contributed by atoms with Gasteiger partial charge in [-0.15, -0.1) is 12.4 Å². The summed E-state index contributed by atoms with van der Waals surface area (Å²) in [7, 11) is 1.83. The van der Waals surface area contributed by atoms with E-state index in [-0.39, 0.29) is 18.3 Å². The largest absolute Gasteiger partial charge is 0.309 e. The number of anilines is 1. The van der Waals surface area contributed by atoms with E-state index in [4.69, 9.17) is 0 Å². The summed E-state index contributed by atoms with van der Waals surface area (Å²) in [5, 5.41) is 10.5. The molecule has 0 radical (unpaired) electrons. The highest BCUT2D eigenvalue weighted by Gasteiger charge is 2.34. The van der Waals surface area contributed by atoms with E-state index in [1.807, 2.05) is 27.0 Å². The molecule has 6 heteroatoms. The molecule has 102 valence electrons. The molecule has 1 unspecified atom stereocenters. The van der Waals surface area contributed by atoms with Gasteiger partial charge in [-0.3, -0.25) is 9.48 Å². The molecule has 1 amide bonds. The van der Waals surface area contributed by atoms with Crippen LogP contribution in [0.3, 0.4) is 0 Å². The highest BCUT2D eigenvalue weighted by molar-refractivity contribution is 5.97. The van der Waals surface area contributed by atoms with Crippen molar-refractivity contribution in [2.75, 3.05) is 11.9 Å². The molecule has 2 heterocycles. The van der Waals surface area contributed by atoms with Gasteiger partial charge in [0.25, 0.3) is 0 Å². The van der Waals surface area contributed by atoms with Gasteiger partial charge in [0.2, 0.25) is 5.91 Å². The van der Waals surface area contributed by atoms with Crippen LogP contribution in [0, 0.1) is 6.92 Å². The number of carbonyl (C=O) groups excluding carboxylic acids is 1. The van der Waals surface area contributed by atoms with Crippen molar-refractivity contribution >= 4 is 24.1 Å². The molecule has 1 aliphatic heterocycles. The van der Waals surface area contributed by atoms with Crippen molar-refractivity contribution in [3.63, 3.8) is 0 Å². The van der Waals surface area contributed by atoms with Gasteiger partial charge >= 0.3 is 0 Å². The second-order valence-corrected chi connectivity index (χ2v) is 4.96. The maximum atomic E-state index is 12.2. The molecule has 1 fully saturated rings. The Morgan fingerprint density at radius 2 is 2.28 bits per heavy atom. The molecular formula is C12H21ClN4O. The first-order chi connectivity index (χ1) is 8.01. The molecule has 5 nitrogen and oxygen atoms in total. The number of carbonyl (C=O) groups is 1. The zero-order valence-electron chi connectivity index (χ0n) is 11.1. The van der Waals surface area contributed by atoms with E-state index in [1.54, 1.807) is 4.68 Å². The Morgan fingerprint density at radius 3 is 2.78 bits per heavy atom. The first-order valence-electron chi connectivity index (χ1n) is 6.08. The van der Waals surface area contributed by atoms with Crippen LogP contribution in [0.2, 0.25) is 0 Å². The van der Waals surface area contributed by atoms with Crippen LogP contribution in [0.1, 0.15) is 31.9 Å². The highest BCUT2D eigenvalue weighted by atomic mass is 35.5. The fraction of sp³-hybridized carbons (Fsp3) is 0.667. The number of halogens is 1. The SMILES string of the molecule is Cc1cc(NC(=O)C2(C)CCCCN2)n(C)n1.Cl. The fourth-order valence-electron chi connectivity index (χ4n) is 2.23. The Kier molecular flexibility index (Phi) is 4.76. The highest BCUT2D eigenvalue weighted by Crippen LogP contribution is 2.21. The minimum atomic E-state index is -0.448. The number of piperidine rings is 1. The summed E-state index contributed by atoms with van der Waals surface area (Å²) >= 11 is 0. The normalized spacial score (nSPS) is 23.3. The van der Waals surface area contributed by atoms with Crippen LogP contribution < -0.4 is 10.6 Å². The zero-order valence-corrected chi connectivity index (χ0v) is 11.9. The zero-order chi connectivity index (χ0) is 12.5. The van der Waals surface area contributed by atoms with Gasteiger partial charge in [-0.1, -0.05) is 0 Å². The summed E-state index contributed by atoms with van der Waals surface area (Å²) in [5.74, 6) is 0.779. The molecule has 1 aromatic heterocycles. The third kappa shape index (κ3) is 3.03. The first kappa shape index (κ1) is 15.0. The summed E-state index contributed by atoms with van der Waals surface area (Å²) in [6, 6.07) is 1.88. The van der Waals surface area contributed by atoms with Gasteiger partial charge in [-0.05, 0) is 39.7 Å². The van der Waals surface area contributed by atoms with Crippen LogP contribution in [-0.4, -0.2) is 27.8 Å². The number of hydrogen-bond acceptors (Lipinski definition) is 3.